The average molecular weight is 376 g/mol. The number of hydrogen-bond donors (Lipinski definition) is 0. The zero-order valence-corrected chi connectivity index (χ0v) is 16.4. The minimum atomic E-state index is -0.235. The number of hydrogen-bond acceptors (Lipinski definition) is 6. The summed E-state index contributed by atoms with van der Waals surface area (Å²) < 4.78 is 12.2. The van der Waals surface area contributed by atoms with E-state index in [1.165, 1.54) is 10.9 Å². The summed E-state index contributed by atoms with van der Waals surface area (Å²) in [6.07, 6.45) is 3.28. The van der Waals surface area contributed by atoms with Crippen LogP contribution in [-0.2, 0) is 11.3 Å². The summed E-state index contributed by atoms with van der Waals surface area (Å²) in [5.74, 6) is 0.307. The van der Waals surface area contributed by atoms with Crippen LogP contribution in [0.25, 0.3) is 11.1 Å². The van der Waals surface area contributed by atoms with E-state index in [1.807, 2.05) is 4.90 Å². The Bertz CT molecular complexity index is 849. The molecule has 0 unspecified atom stereocenters. The Labute approximate surface area is 158 Å². The number of furan rings is 1. The fourth-order valence-electron chi connectivity index (χ4n) is 3.58. The van der Waals surface area contributed by atoms with Crippen molar-refractivity contribution in [1.82, 2.24) is 19.4 Å². The predicted molar refractivity (Wildman–Crippen MR) is 102 cm³/mol. The van der Waals surface area contributed by atoms with Gasteiger partial charge in [0.05, 0.1) is 5.56 Å². The van der Waals surface area contributed by atoms with Crippen molar-refractivity contribution in [1.29, 1.82) is 0 Å². The van der Waals surface area contributed by atoms with E-state index in [0.29, 0.717) is 44.0 Å². The Morgan fingerprint density at radius 3 is 2.67 bits per heavy atom. The molecule has 1 saturated heterocycles. The van der Waals surface area contributed by atoms with Gasteiger partial charge in [0.1, 0.15) is 17.5 Å². The van der Waals surface area contributed by atoms with E-state index >= 15 is 0 Å². The molecule has 0 bridgehead atoms. The largest absolute Gasteiger partial charge is 0.442 e. The van der Waals surface area contributed by atoms with Gasteiger partial charge in [0, 0.05) is 46.4 Å². The van der Waals surface area contributed by atoms with Gasteiger partial charge in [0.25, 0.3) is 11.5 Å². The molecule has 0 aliphatic carbocycles. The molecule has 2 aromatic rings. The van der Waals surface area contributed by atoms with E-state index < -0.39 is 0 Å². The summed E-state index contributed by atoms with van der Waals surface area (Å²) in [7, 11) is 1.63. The number of amides is 1. The van der Waals surface area contributed by atoms with Crippen molar-refractivity contribution < 1.29 is 13.9 Å². The maximum Gasteiger partial charge on any atom is 0.265 e. The molecule has 1 amide bonds. The van der Waals surface area contributed by atoms with Crippen LogP contribution >= 0.6 is 0 Å². The van der Waals surface area contributed by atoms with Gasteiger partial charge in [0.15, 0.2) is 0 Å². The molecule has 27 heavy (non-hydrogen) atoms. The van der Waals surface area contributed by atoms with Crippen LogP contribution in [0.1, 0.15) is 35.9 Å². The fraction of sp³-hybridized carbons (Fsp3) is 0.632. The number of nitrogens with zero attached hydrogens (tertiary/aromatic N) is 4. The number of aryl methyl sites for hydroxylation is 2. The highest BCUT2D eigenvalue weighted by Crippen LogP contribution is 2.23. The average Bonchev–Trinajstić information content (AvgIpc) is 3.01. The lowest BCUT2D eigenvalue weighted by atomic mass is 10.1. The second-order valence-corrected chi connectivity index (χ2v) is 6.94. The highest BCUT2D eigenvalue weighted by molar-refractivity contribution is 6.06. The number of ether oxygens (including phenoxy) is 1. The normalized spacial score (nSPS) is 15.6. The minimum Gasteiger partial charge on any atom is -0.442 e. The Kier molecular flexibility index (Phi) is 6.28. The molecule has 1 fully saturated rings. The van der Waals surface area contributed by atoms with E-state index in [4.69, 9.17) is 9.15 Å². The number of fused-ring (bicyclic) bond motifs is 1. The van der Waals surface area contributed by atoms with Crippen molar-refractivity contribution in [3.05, 3.63) is 28.0 Å². The van der Waals surface area contributed by atoms with Gasteiger partial charge < -0.3 is 14.1 Å². The second kappa shape index (κ2) is 8.67. The summed E-state index contributed by atoms with van der Waals surface area (Å²) in [4.78, 5) is 34.5. The molecule has 8 heteroatoms. The molecule has 0 spiro atoms. The highest BCUT2D eigenvalue weighted by Gasteiger charge is 2.28. The monoisotopic (exact) mass is 376 g/mol. The quantitative estimate of drug-likeness (QED) is 0.682. The fourth-order valence-corrected chi connectivity index (χ4v) is 3.58. The molecule has 1 aliphatic heterocycles. The van der Waals surface area contributed by atoms with Gasteiger partial charge in [-0.25, -0.2) is 4.98 Å². The van der Waals surface area contributed by atoms with Crippen molar-refractivity contribution in [2.24, 2.45) is 0 Å². The van der Waals surface area contributed by atoms with Crippen molar-refractivity contribution in [2.75, 3.05) is 46.4 Å². The van der Waals surface area contributed by atoms with E-state index in [2.05, 4.69) is 16.8 Å². The van der Waals surface area contributed by atoms with E-state index in [1.54, 1.807) is 14.0 Å². The molecule has 8 nitrogen and oxygen atoms in total. The van der Waals surface area contributed by atoms with Crippen molar-refractivity contribution in [3.8, 4) is 0 Å². The Balaban J connectivity index is 1.87. The number of piperazine rings is 1. The van der Waals surface area contributed by atoms with Crippen molar-refractivity contribution >= 4 is 17.0 Å². The topological polar surface area (TPSA) is 80.8 Å². The molecule has 0 radical (unpaired) electrons. The van der Waals surface area contributed by atoms with Crippen LogP contribution in [-0.4, -0.2) is 71.7 Å². The van der Waals surface area contributed by atoms with Gasteiger partial charge in [-0.2, -0.15) is 0 Å². The number of aromatic nitrogens is 2. The first-order valence-electron chi connectivity index (χ1n) is 9.56. The zero-order chi connectivity index (χ0) is 19.4. The molecular formula is C19H28N4O4. The number of rotatable bonds is 7. The molecule has 0 atom stereocenters. The van der Waals surface area contributed by atoms with Gasteiger partial charge in [-0.1, -0.05) is 6.92 Å². The zero-order valence-electron chi connectivity index (χ0n) is 16.4. The van der Waals surface area contributed by atoms with Gasteiger partial charge >= 0.3 is 0 Å². The van der Waals surface area contributed by atoms with E-state index in [-0.39, 0.29) is 22.6 Å². The third-order valence-electron chi connectivity index (χ3n) is 5.02. The molecular weight excluding hydrogens is 348 g/mol. The maximum absolute atomic E-state index is 13.1. The van der Waals surface area contributed by atoms with Crippen LogP contribution in [0, 0.1) is 6.92 Å². The van der Waals surface area contributed by atoms with Crippen molar-refractivity contribution in [3.63, 3.8) is 0 Å². The Morgan fingerprint density at radius 1 is 1.26 bits per heavy atom. The van der Waals surface area contributed by atoms with Gasteiger partial charge in [0.2, 0.25) is 5.71 Å². The van der Waals surface area contributed by atoms with Crippen LogP contribution in [0.15, 0.2) is 15.5 Å². The molecule has 3 rings (SSSR count). The van der Waals surface area contributed by atoms with Crippen LogP contribution < -0.4 is 5.56 Å². The van der Waals surface area contributed by atoms with Crippen LogP contribution in [0.4, 0.5) is 0 Å². The maximum atomic E-state index is 13.1. The number of methoxy groups -OCH3 is 1. The summed E-state index contributed by atoms with van der Waals surface area (Å²) in [6, 6.07) is 0. The number of carbonyl (C=O) groups is 1. The van der Waals surface area contributed by atoms with Crippen LogP contribution in [0.2, 0.25) is 0 Å². The summed E-state index contributed by atoms with van der Waals surface area (Å²) in [6.45, 7) is 9.00. The van der Waals surface area contributed by atoms with E-state index in [0.717, 1.165) is 26.1 Å². The lowest BCUT2D eigenvalue weighted by molar-refractivity contribution is 0.0637. The first-order chi connectivity index (χ1) is 13.1. The Hall–Kier alpha value is -2.19. The minimum absolute atomic E-state index is 0.143. The van der Waals surface area contributed by atoms with Gasteiger partial charge in [-0.3, -0.25) is 19.1 Å². The standard InChI is InChI=1S/C19H28N4O4/c1-4-6-21-8-10-22(11-9-21)18(24)15-14(2)27-17-16(15)19(25)23(13-20-17)7-5-12-26-3/h13H,4-12H2,1-3H3. The molecule has 3 heterocycles. The lowest BCUT2D eigenvalue weighted by Gasteiger charge is -2.34. The smallest absolute Gasteiger partial charge is 0.265 e. The lowest BCUT2D eigenvalue weighted by Crippen LogP contribution is -2.49. The number of carbonyl (C=O) groups excluding carboxylic acids is 1. The third kappa shape index (κ3) is 4.06. The Morgan fingerprint density at radius 2 is 2.00 bits per heavy atom. The summed E-state index contributed by atoms with van der Waals surface area (Å²) >= 11 is 0. The molecule has 0 N–H and O–H groups in total. The summed E-state index contributed by atoms with van der Waals surface area (Å²) in [5.41, 5.74) is 0.349. The van der Waals surface area contributed by atoms with E-state index in [9.17, 15) is 9.59 Å². The second-order valence-electron chi connectivity index (χ2n) is 6.94. The van der Waals surface area contributed by atoms with Crippen LogP contribution in [0.5, 0.6) is 0 Å². The van der Waals surface area contributed by atoms with Gasteiger partial charge in [-0.15, -0.1) is 0 Å². The third-order valence-corrected chi connectivity index (χ3v) is 5.02. The predicted octanol–water partition coefficient (Wildman–Crippen LogP) is 1.50. The SMILES string of the molecule is CCCN1CCN(C(=O)c2c(C)oc3ncn(CCCOC)c(=O)c23)CC1. The molecule has 0 aromatic carbocycles. The van der Waals surface area contributed by atoms with Crippen molar-refractivity contribution in [2.45, 2.75) is 33.2 Å². The highest BCUT2D eigenvalue weighted by atomic mass is 16.5. The molecule has 2 aromatic heterocycles. The van der Waals surface area contributed by atoms with Gasteiger partial charge in [-0.05, 0) is 26.3 Å². The summed E-state index contributed by atoms with van der Waals surface area (Å²) in [5, 5.41) is 0.286. The molecule has 1 aliphatic rings. The first-order valence-corrected chi connectivity index (χ1v) is 9.56. The van der Waals surface area contributed by atoms with Crippen LogP contribution in [0.3, 0.4) is 0 Å². The molecule has 148 valence electrons. The first kappa shape index (κ1) is 19.6. The molecule has 0 saturated carbocycles.